The minimum Gasteiger partial charge on any atom is -0.348 e. The fourth-order valence-corrected chi connectivity index (χ4v) is 4.12. The number of aromatic nitrogens is 1. The third-order valence-electron chi connectivity index (χ3n) is 5.26. The first-order valence-corrected chi connectivity index (χ1v) is 7.91. The quantitative estimate of drug-likeness (QED) is 0.805. The van der Waals surface area contributed by atoms with Crippen molar-refractivity contribution in [2.75, 3.05) is 0 Å². The van der Waals surface area contributed by atoms with E-state index in [-0.39, 0.29) is 6.04 Å². The Morgan fingerprint density at radius 3 is 2.58 bits per heavy atom. The third-order valence-corrected chi connectivity index (χ3v) is 5.26. The number of rotatable bonds is 1. The molecule has 0 spiro atoms. The molecule has 2 N–H and O–H groups in total. The van der Waals surface area contributed by atoms with Crippen LogP contribution in [0.1, 0.15) is 76.2 Å². The van der Waals surface area contributed by atoms with Gasteiger partial charge in [0.1, 0.15) is 0 Å². The van der Waals surface area contributed by atoms with Crippen LogP contribution in [-0.4, -0.2) is 4.57 Å². The van der Waals surface area contributed by atoms with Crippen molar-refractivity contribution in [3.8, 4) is 0 Å². The van der Waals surface area contributed by atoms with Crippen LogP contribution in [0.3, 0.4) is 0 Å². The lowest BCUT2D eigenvalue weighted by atomic mass is 9.74. The zero-order valence-electron chi connectivity index (χ0n) is 12.7. The van der Waals surface area contributed by atoms with Gasteiger partial charge in [0.2, 0.25) is 0 Å². The molecule has 19 heavy (non-hydrogen) atoms. The van der Waals surface area contributed by atoms with E-state index in [1.807, 2.05) is 0 Å². The molecule has 106 valence electrons. The maximum atomic E-state index is 6.37. The summed E-state index contributed by atoms with van der Waals surface area (Å²) in [5, 5.41) is 0. The van der Waals surface area contributed by atoms with E-state index < -0.39 is 0 Å². The van der Waals surface area contributed by atoms with Crippen LogP contribution >= 0.6 is 0 Å². The van der Waals surface area contributed by atoms with Gasteiger partial charge in [0.15, 0.2) is 0 Å². The summed E-state index contributed by atoms with van der Waals surface area (Å²) in [5.74, 6) is 0.918. The van der Waals surface area contributed by atoms with Gasteiger partial charge in [-0.1, -0.05) is 20.8 Å². The van der Waals surface area contributed by atoms with Crippen molar-refractivity contribution in [2.24, 2.45) is 17.1 Å². The normalized spacial score (nSPS) is 34.0. The second-order valence-corrected chi connectivity index (χ2v) is 7.69. The van der Waals surface area contributed by atoms with Crippen molar-refractivity contribution in [3.05, 3.63) is 23.5 Å². The van der Waals surface area contributed by atoms with E-state index in [4.69, 9.17) is 5.73 Å². The van der Waals surface area contributed by atoms with E-state index in [1.165, 1.54) is 43.4 Å². The average Bonchev–Trinajstić information content (AvgIpc) is 2.72. The van der Waals surface area contributed by atoms with Crippen LogP contribution in [0.25, 0.3) is 0 Å². The Bertz CT molecular complexity index is 450. The lowest BCUT2D eigenvalue weighted by molar-refractivity contribution is 0.251. The van der Waals surface area contributed by atoms with Gasteiger partial charge in [0.25, 0.3) is 0 Å². The lowest BCUT2D eigenvalue weighted by Crippen LogP contribution is -2.31. The zero-order chi connectivity index (χ0) is 13.6. The Morgan fingerprint density at radius 2 is 1.89 bits per heavy atom. The smallest absolute Gasteiger partial charge is 0.0333 e. The first kappa shape index (κ1) is 13.2. The van der Waals surface area contributed by atoms with E-state index in [2.05, 4.69) is 37.6 Å². The summed E-state index contributed by atoms with van der Waals surface area (Å²) in [5.41, 5.74) is 9.67. The SMILES string of the molecule is CC1CCC(n2ccc3c2CC(C)(C)CC3N)CC1. The molecule has 1 fully saturated rings. The molecule has 0 saturated heterocycles. The van der Waals surface area contributed by atoms with E-state index >= 15 is 0 Å². The molecule has 0 bridgehead atoms. The first-order valence-electron chi connectivity index (χ1n) is 7.91. The fourth-order valence-electron chi connectivity index (χ4n) is 4.12. The van der Waals surface area contributed by atoms with E-state index in [0.29, 0.717) is 5.41 Å². The Morgan fingerprint density at radius 1 is 1.21 bits per heavy atom. The van der Waals surface area contributed by atoms with Crippen LogP contribution in [0.5, 0.6) is 0 Å². The highest BCUT2D eigenvalue weighted by atomic mass is 15.0. The topological polar surface area (TPSA) is 30.9 Å². The molecule has 1 unspecified atom stereocenters. The van der Waals surface area contributed by atoms with Gasteiger partial charge in [-0.25, -0.2) is 0 Å². The molecular formula is C17H28N2. The van der Waals surface area contributed by atoms with Crippen molar-refractivity contribution in [3.63, 3.8) is 0 Å². The van der Waals surface area contributed by atoms with Gasteiger partial charge in [-0.15, -0.1) is 0 Å². The molecule has 1 saturated carbocycles. The maximum absolute atomic E-state index is 6.37. The van der Waals surface area contributed by atoms with Crippen molar-refractivity contribution < 1.29 is 0 Å². The first-order chi connectivity index (χ1) is 8.96. The summed E-state index contributed by atoms with van der Waals surface area (Å²) in [7, 11) is 0. The van der Waals surface area contributed by atoms with Gasteiger partial charge in [-0.3, -0.25) is 0 Å². The molecule has 1 atom stereocenters. The average molecular weight is 260 g/mol. The van der Waals surface area contributed by atoms with Crippen molar-refractivity contribution in [1.82, 2.24) is 4.57 Å². The summed E-state index contributed by atoms with van der Waals surface area (Å²) in [6, 6.07) is 3.25. The van der Waals surface area contributed by atoms with Crippen molar-refractivity contribution >= 4 is 0 Å². The number of fused-ring (bicyclic) bond motifs is 1. The second kappa shape index (κ2) is 4.66. The summed E-state index contributed by atoms with van der Waals surface area (Å²) >= 11 is 0. The molecule has 1 aromatic rings. The van der Waals surface area contributed by atoms with Gasteiger partial charge >= 0.3 is 0 Å². The highest BCUT2D eigenvalue weighted by Crippen LogP contribution is 2.42. The number of hydrogen-bond donors (Lipinski definition) is 1. The lowest BCUT2D eigenvalue weighted by Gasteiger charge is -2.37. The molecule has 0 aromatic carbocycles. The predicted molar refractivity (Wildman–Crippen MR) is 80.1 cm³/mol. The van der Waals surface area contributed by atoms with Crippen LogP contribution in [0.4, 0.5) is 0 Å². The van der Waals surface area contributed by atoms with Crippen LogP contribution in [-0.2, 0) is 6.42 Å². The van der Waals surface area contributed by atoms with E-state index in [1.54, 1.807) is 0 Å². The minimum atomic E-state index is 0.238. The molecule has 0 amide bonds. The predicted octanol–water partition coefficient (Wildman–Crippen LogP) is 4.21. The summed E-state index contributed by atoms with van der Waals surface area (Å²) < 4.78 is 2.57. The summed E-state index contributed by atoms with van der Waals surface area (Å²) in [6.07, 6.45) is 10.1. The monoisotopic (exact) mass is 260 g/mol. The third kappa shape index (κ3) is 2.47. The molecule has 0 aliphatic heterocycles. The van der Waals surface area contributed by atoms with E-state index in [0.717, 1.165) is 18.4 Å². The number of nitrogens with zero attached hydrogens (tertiary/aromatic N) is 1. The summed E-state index contributed by atoms with van der Waals surface area (Å²) in [4.78, 5) is 0. The Kier molecular flexibility index (Phi) is 3.24. The van der Waals surface area contributed by atoms with Crippen LogP contribution < -0.4 is 5.73 Å². The fraction of sp³-hybridized carbons (Fsp3) is 0.765. The van der Waals surface area contributed by atoms with Crippen LogP contribution in [0.15, 0.2) is 12.3 Å². The Hall–Kier alpha value is -0.760. The molecule has 3 rings (SSSR count). The summed E-state index contributed by atoms with van der Waals surface area (Å²) in [6.45, 7) is 7.10. The molecule has 2 heteroatoms. The highest BCUT2D eigenvalue weighted by Gasteiger charge is 2.33. The number of nitrogens with two attached hydrogens (primary N) is 1. The van der Waals surface area contributed by atoms with Gasteiger partial charge in [-0.05, 0) is 61.5 Å². The molecule has 2 aliphatic rings. The minimum absolute atomic E-state index is 0.238. The molecule has 2 nitrogen and oxygen atoms in total. The molecule has 2 aliphatic carbocycles. The Balaban J connectivity index is 1.88. The van der Waals surface area contributed by atoms with Gasteiger partial charge in [-0.2, -0.15) is 0 Å². The van der Waals surface area contributed by atoms with Crippen molar-refractivity contribution in [2.45, 2.75) is 71.4 Å². The molecule has 1 aromatic heterocycles. The van der Waals surface area contributed by atoms with E-state index in [9.17, 15) is 0 Å². The number of hydrogen-bond acceptors (Lipinski definition) is 1. The molecular weight excluding hydrogens is 232 g/mol. The van der Waals surface area contributed by atoms with Crippen molar-refractivity contribution in [1.29, 1.82) is 0 Å². The highest BCUT2D eigenvalue weighted by molar-refractivity contribution is 5.30. The van der Waals surface area contributed by atoms with Gasteiger partial charge < -0.3 is 10.3 Å². The van der Waals surface area contributed by atoms with Gasteiger partial charge in [0.05, 0.1) is 0 Å². The second-order valence-electron chi connectivity index (χ2n) is 7.69. The maximum Gasteiger partial charge on any atom is 0.0333 e. The standard InChI is InChI=1S/C17H28N2/c1-12-4-6-13(7-5-12)19-9-8-14-15(18)10-17(2,3)11-16(14)19/h8-9,12-13,15H,4-7,10-11,18H2,1-3H3. The van der Waals surface area contributed by atoms with Crippen LogP contribution in [0.2, 0.25) is 0 Å². The molecule has 0 radical (unpaired) electrons. The molecule has 1 heterocycles. The largest absolute Gasteiger partial charge is 0.348 e. The zero-order valence-corrected chi connectivity index (χ0v) is 12.7. The van der Waals surface area contributed by atoms with Gasteiger partial charge in [0, 0.05) is 24.0 Å². The van der Waals surface area contributed by atoms with Crippen LogP contribution in [0, 0.1) is 11.3 Å². The Labute approximate surface area is 117 Å².